The number of fused-ring (bicyclic) bond motifs is 2. The standard InChI is InChI=1S/C21H21F5N4O3S/c22-20(23)5-3-15-17(28-19(29-18(15)20)30-6-4-16(30)21(24,25)26)11-1-2-14-12(7-11)8-33-9-13(14)10-34(27,31)32/h1-2,7,13,16H,3-6,8-10H2,(H2,27,31,32)/t13-,16-/m1/s1. The molecular formula is C21H21F5N4O3S. The Balaban J connectivity index is 1.59. The molecule has 0 amide bonds. The molecule has 1 fully saturated rings. The third-order valence-electron chi connectivity index (χ3n) is 6.55. The normalized spacial score (nSPS) is 23.9. The number of primary sulfonamides is 1. The Labute approximate surface area is 192 Å². The number of hydrogen-bond acceptors (Lipinski definition) is 6. The van der Waals surface area contributed by atoms with E-state index in [1.165, 1.54) is 0 Å². The third-order valence-corrected chi connectivity index (χ3v) is 7.42. The Kier molecular flexibility index (Phi) is 5.37. The fraction of sp³-hybridized carbons (Fsp3) is 0.524. The first-order chi connectivity index (χ1) is 15.8. The highest BCUT2D eigenvalue weighted by molar-refractivity contribution is 7.89. The summed E-state index contributed by atoms with van der Waals surface area (Å²) in [6.07, 6.45) is -5.19. The van der Waals surface area contributed by atoms with Gasteiger partial charge in [-0.1, -0.05) is 12.1 Å². The van der Waals surface area contributed by atoms with E-state index in [1.54, 1.807) is 18.2 Å². The van der Waals surface area contributed by atoms with Gasteiger partial charge in [0.05, 0.1) is 24.7 Å². The van der Waals surface area contributed by atoms with Crippen LogP contribution < -0.4 is 10.0 Å². The van der Waals surface area contributed by atoms with Crippen LogP contribution in [-0.2, 0) is 33.7 Å². The van der Waals surface area contributed by atoms with Crippen LogP contribution in [0.3, 0.4) is 0 Å². The van der Waals surface area contributed by atoms with Gasteiger partial charge in [-0.3, -0.25) is 0 Å². The maximum absolute atomic E-state index is 14.6. The number of nitrogens with two attached hydrogens (primary N) is 1. The van der Waals surface area contributed by atoms with Gasteiger partial charge in [0.2, 0.25) is 16.0 Å². The van der Waals surface area contributed by atoms with Crippen LogP contribution in [0.15, 0.2) is 18.2 Å². The van der Waals surface area contributed by atoms with Crippen LogP contribution in [0.5, 0.6) is 0 Å². The lowest BCUT2D eigenvalue weighted by Gasteiger charge is -2.42. The summed E-state index contributed by atoms with van der Waals surface area (Å²) in [6, 6.07) is 3.13. The molecule has 0 unspecified atom stereocenters. The van der Waals surface area contributed by atoms with E-state index in [0.717, 1.165) is 4.90 Å². The van der Waals surface area contributed by atoms with Gasteiger partial charge < -0.3 is 9.64 Å². The molecule has 0 bridgehead atoms. The van der Waals surface area contributed by atoms with Crippen LogP contribution in [0.4, 0.5) is 27.9 Å². The molecule has 7 nitrogen and oxygen atoms in total. The maximum atomic E-state index is 14.6. The van der Waals surface area contributed by atoms with Gasteiger partial charge >= 0.3 is 6.18 Å². The molecule has 3 heterocycles. The summed E-state index contributed by atoms with van der Waals surface area (Å²) in [5.74, 6) is -4.44. The molecule has 0 saturated carbocycles. The quantitative estimate of drug-likeness (QED) is 0.643. The number of halogens is 5. The zero-order chi connectivity index (χ0) is 24.5. The molecule has 0 spiro atoms. The molecule has 3 aliphatic rings. The van der Waals surface area contributed by atoms with E-state index in [4.69, 9.17) is 9.88 Å². The molecule has 2 atom stereocenters. The Morgan fingerprint density at radius 3 is 2.65 bits per heavy atom. The Bertz CT molecular complexity index is 1250. The van der Waals surface area contributed by atoms with Crippen molar-refractivity contribution < 1.29 is 35.1 Å². The van der Waals surface area contributed by atoms with Gasteiger partial charge in [0, 0.05) is 30.0 Å². The van der Waals surface area contributed by atoms with Crippen molar-refractivity contribution in [3.63, 3.8) is 0 Å². The highest BCUT2D eigenvalue weighted by Crippen LogP contribution is 2.46. The minimum Gasteiger partial charge on any atom is -0.376 e. The molecule has 2 aliphatic heterocycles. The van der Waals surface area contributed by atoms with E-state index >= 15 is 0 Å². The summed E-state index contributed by atoms with van der Waals surface area (Å²) in [4.78, 5) is 9.10. The van der Waals surface area contributed by atoms with Crippen molar-refractivity contribution in [2.24, 2.45) is 5.14 Å². The monoisotopic (exact) mass is 504 g/mol. The van der Waals surface area contributed by atoms with E-state index in [0.29, 0.717) is 16.7 Å². The number of hydrogen-bond donors (Lipinski definition) is 1. The lowest BCUT2D eigenvalue weighted by Crippen LogP contribution is -2.56. The van der Waals surface area contributed by atoms with E-state index in [-0.39, 0.29) is 55.6 Å². The van der Waals surface area contributed by atoms with Crippen molar-refractivity contribution in [1.82, 2.24) is 9.97 Å². The first-order valence-electron chi connectivity index (χ1n) is 10.7. The molecule has 184 valence electrons. The van der Waals surface area contributed by atoms with Crippen LogP contribution in [0.25, 0.3) is 11.3 Å². The fourth-order valence-electron chi connectivity index (χ4n) is 4.84. The molecule has 0 radical (unpaired) electrons. The second-order valence-electron chi connectivity index (χ2n) is 8.90. The summed E-state index contributed by atoms with van der Waals surface area (Å²) in [7, 11) is -3.76. The minimum absolute atomic E-state index is 0.0116. The van der Waals surface area contributed by atoms with Gasteiger partial charge in [-0.15, -0.1) is 0 Å². The Hall–Kier alpha value is -2.38. The second-order valence-corrected chi connectivity index (χ2v) is 10.6. The lowest BCUT2D eigenvalue weighted by molar-refractivity contribution is -0.160. The van der Waals surface area contributed by atoms with Gasteiger partial charge in [-0.2, -0.15) is 22.0 Å². The van der Waals surface area contributed by atoms with Gasteiger partial charge in [-0.25, -0.2) is 23.5 Å². The molecule has 13 heteroatoms. The highest BCUT2D eigenvalue weighted by Gasteiger charge is 2.51. The molecule has 1 saturated heterocycles. The summed E-state index contributed by atoms with van der Waals surface area (Å²) in [5.41, 5.74) is 1.60. The van der Waals surface area contributed by atoms with Crippen molar-refractivity contribution in [3.05, 3.63) is 40.6 Å². The average Bonchev–Trinajstić information content (AvgIpc) is 2.99. The molecular weight excluding hydrogens is 483 g/mol. The average molecular weight is 504 g/mol. The fourth-order valence-corrected chi connectivity index (χ4v) is 5.68. The smallest absolute Gasteiger partial charge is 0.376 e. The van der Waals surface area contributed by atoms with Gasteiger partial charge in [0.1, 0.15) is 11.7 Å². The minimum atomic E-state index is -4.52. The second kappa shape index (κ2) is 7.82. The van der Waals surface area contributed by atoms with Crippen molar-refractivity contribution in [3.8, 4) is 11.3 Å². The number of benzene rings is 1. The first-order valence-corrected chi connectivity index (χ1v) is 12.4. The van der Waals surface area contributed by atoms with E-state index in [9.17, 15) is 30.4 Å². The topological polar surface area (TPSA) is 98.4 Å². The van der Waals surface area contributed by atoms with Crippen molar-refractivity contribution >= 4 is 16.0 Å². The van der Waals surface area contributed by atoms with Crippen molar-refractivity contribution in [1.29, 1.82) is 0 Å². The SMILES string of the molecule is NS(=O)(=O)C[C@H]1COCc2cc(-c3nc(N4CC[C@@H]4C(F)(F)F)nc4c3CCC4(F)F)ccc21. The summed E-state index contributed by atoms with van der Waals surface area (Å²) in [5, 5.41) is 5.18. The molecule has 2 N–H and O–H groups in total. The van der Waals surface area contributed by atoms with Gasteiger partial charge in [-0.05, 0) is 30.0 Å². The van der Waals surface area contributed by atoms with Gasteiger partial charge in [0.25, 0.3) is 5.92 Å². The molecule has 1 aromatic carbocycles. The van der Waals surface area contributed by atoms with Gasteiger partial charge in [0.15, 0.2) is 0 Å². The van der Waals surface area contributed by atoms with Crippen LogP contribution >= 0.6 is 0 Å². The zero-order valence-electron chi connectivity index (χ0n) is 17.8. The number of aromatic nitrogens is 2. The number of anilines is 1. The number of alkyl halides is 5. The predicted octanol–water partition coefficient (Wildman–Crippen LogP) is 3.22. The Morgan fingerprint density at radius 1 is 1.24 bits per heavy atom. The largest absolute Gasteiger partial charge is 0.408 e. The molecule has 34 heavy (non-hydrogen) atoms. The lowest BCUT2D eigenvalue weighted by atomic mass is 9.91. The van der Waals surface area contributed by atoms with Crippen LogP contribution in [0, 0.1) is 0 Å². The number of sulfonamides is 1. The van der Waals surface area contributed by atoms with Crippen LogP contribution in [0.2, 0.25) is 0 Å². The predicted molar refractivity (Wildman–Crippen MR) is 112 cm³/mol. The highest BCUT2D eigenvalue weighted by atomic mass is 32.2. The summed E-state index contributed by atoms with van der Waals surface area (Å²) < 4.78 is 97.8. The zero-order valence-corrected chi connectivity index (χ0v) is 18.6. The van der Waals surface area contributed by atoms with E-state index in [1.807, 2.05) is 0 Å². The third kappa shape index (κ3) is 4.13. The molecule has 2 aromatic rings. The van der Waals surface area contributed by atoms with Crippen molar-refractivity contribution in [2.45, 2.75) is 49.9 Å². The number of nitrogens with zero attached hydrogens (tertiary/aromatic N) is 3. The number of ether oxygens (including phenoxy) is 1. The van der Waals surface area contributed by atoms with Crippen LogP contribution in [0.1, 0.15) is 41.1 Å². The number of rotatable bonds is 4. The molecule has 1 aromatic heterocycles. The van der Waals surface area contributed by atoms with Crippen molar-refractivity contribution in [2.75, 3.05) is 23.8 Å². The molecule has 1 aliphatic carbocycles. The van der Waals surface area contributed by atoms with E-state index in [2.05, 4.69) is 9.97 Å². The summed E-state index contributed by atoms with van der Waals surface area (Å²) >= 11 is 0. The van der Waals surface area contributed by atoms with E-state index < -0.39 is 46.2 Å². The Morgan fingerprint density at radius 2 is 2.00 bits per heavy atom. The van der Waals surface area contributed by atoms with Crippen LogP contribution in [-0.4, -0.2) is 49.5 Å². The first kappa shape index (κ1) is 23.4. The maximum Gasteiger partial charge on any atom is 0.408 e. The summed E-state index contributed by atoms with van der Waals surface area (Å²) in [6.45, 7) is 0.347. The molecule has 5 rings (SSSR count).